The van der Waals surface area contributed by atoms with Gasteiger partial charge in [0.05, 0.1) is 12.3 Å². The summed E-state index contributed by atoms with van der Waals surface area (Å²) in [6, 6.07) is 3.91. The molecule has 0 saturated carbocycles. The van der Waals surface area contributed by atoms with Crippen molar-refractivity contribution in [1.82, 2.24) is 4.98 Å². The van der Waals surface area contributed by atoms with Crippen LogP contribution in [0.1, 0.15) is 44.9 Å². The van der Waals surface area contributed by atoms with Crippen molar-refractivity contribution in [3.8, 4) is 0 Å². The zero-order valence-electron chi connectivity index (χ0n) is 8.91. The fourth-order valence-electron chi connectivity index (χ4n) is 0.942. The highest BCUT2D eigenvalue weighted by Gasteiger charge is 1.99. The van der Waals surface area contributed by atoms with Crippen molar-refractivity contribution in [3.63, 3.8) is 0 Å². The van der Waals surface area contributed by atoms with Gasteiger partial charge in [0.1, 0.15) is 0 Å². The highest BCUT2D eigenvalue weighted by atomic mass is 16.3. The van der Waals surface area contributed by atoms with Crippen LogP contribution in [0.4, 0.5) is 0 Å². The number of aliphatic hydroxyl groups is 1. The van der Waals surface area contributed by atoms with Crippen molar-refractivity contribution < 1.29 is 5.11 Å². The van der Waals surface area contributed by atoms with Crippen LogP contribution in [0.25, 0.3) is 0 Å². The third kappa shape index (κ3) is 4.04. The van der Waals surface area contributed by atoms with Crippen molar-refractivity contribution in [2.75, 3.05) is 0 Å². The van der Waals surface area contributed by atoms with Crippen LogP contribution >= 0.6 is 0 Å². The maximum Gasteiger partial charge on any atom is 0.0853 e. The summed E-state index contributed by atoms with van der Waals surface area (Å²) in [6.07, 6.45) is 1.74. The largest absolute Gasteiger partial charge is 0.390 e. The van der Waals surface area contributed by atoms with Gasteiger partial charge in [-0.2, -0.15) is 0 Å². The summed E-state index contributed by atoms with van der Waals surface area (Å²) in [5.41, 5.74) is 1.97. The van der Waals surface area contributed by atoms with Gasteiger partial charge in [0.15, 0.2) is 0 Å². The number of aromatic nitrogens is 1. The van der Waals surface area contributed by atoms with Gasteiger partial charge < -0.3 is 5.11 Å². The Bertz CT molecular complexity index is 233. The van der Waals surface area contributed by atoms with Crippen LogP contribution in [0.5, 0.6) is 0 Å². The maximum absolute atomic E-state index is 8.78. The Labute approximate surface area is 80.6 Å². The molecule has 0 saturated heterocycles. The van der Waals surface area contributed by atoms with Crippen LogP contribution in [0.3, 0.4) is 0 Å². The van der Waals surface area contributed by atoms with E-state index < -0.39 is 0 Å². The number of pyridine rings is 1. The molecule has 1 heterocycles. The Morgan fingerprint density at radius 3 is 2.46 bits per heavy atom. The molecule has 0 unspecified atom stereocenters. The van der Waals surface area contributed by atoms with Gasteiger partial charge in [-0.05, 0) is 23.6 Å². The highest BCUT2D eigenvalue weighted by molar-refractivity contribution is 5.18. The van der Waals surface area contributed by atoms with Gasteiger partial charge in [-0.1, -0.05) is 27.7 Å². The lowest BCUT2D eigenvalue weighted by atomic mass is 10.0. The lowest BCUT2D eigenvalue weighted by molar-refractivity contribution is 0.276. The summed E-state index contributed by atoms with van der Waals surface area (Å²) < 4.78 is 0. The quantitative estimate of drug-likeness (QED) is 0.761. The van der Waals surface area contributed by atoms with Crippen LogP contribution in [0, 0.1) is 0 Å². The Morgan fingerprint density at radius 1 is 1.38 bits per heavy atom. The summed E-state index contributed by atoms with van der Waals surface area (Å²) in [5, 5.41) is 8.78. The predicted molar refractivity (Wildman–Crippen MR) is 55.6 cm³/mol. The minimum atomic E-state index is 0.0283. The summed E-state index contributed by atoms with van der Waals surface area (Å²) in [4.78, 5) is 3.99. The summed E-state index contributed by atoms with van der Waals surface area (Å²) in [6.45, 7) is 8.27. The van der Waals surface area contributed by atoms with Gasteiger partial charge >= 0.3 is 0 Å². The van der Waals surface area contributed by atoms with Crippen molar-refractivity contribution in [2.45, 2.75) is 40.2 Å². The van der Waals surface area contributed by atoms with Gasteiger partial charge in [0.25, 0.3) is 0 Å². The molecule has 0 amide bonds. The van der Waals surface area contributed by atoms with E-state index in [1.54, 1.807) is 6.20 Å². The standard InChI is InChI=1S/C9H13NO.C2H6/c1-7(2)8-3-4-10-9(5-8)6-11;1-2/h3-5,7,11H,6H2,1-2H3;1-2H3. The monoisotopic (exact) mass is 181 g/mol. The summed E-state index contributed by atoms with van der Waals surface area (Å²) in [5.74, 6) is 0.503. The normalized spacial score (nSPS) is 9.38. The number of hydrogen-bond acceptors (Lipinski definition) is 2. The molecule has 0 atom stereocenters. The number of nitrogens with zero attached hydrogens (tertiary/aromatic N) is 1. The molecule has 0 aliphatic carbocycles. The van der Waals surface area contributed by atoms with E-state index in [0.717, 1.165) is 5.69 Å². The van der Waals surface area contributed by atoms with Crippen LogP contribution in [-0.4, -0.2) is 10.1 Å². The zero-order chi connectivity index (χ0) is 10.3. The Balaban J connectivity index is 0.000000671. The van der Waals surface area contributed by atoms with Gasteiger partial charge in [0, 0.05) is 6.20 Å². The molecule has 2 heteroatoms. The van der Waals surface area contributed by atoms with Crippen molar-refractivity contribution in [1.29, 1.82) is 0 Å². The third-order valence-corrected chi connectivity index (χ3v) is 1.67. The third-order valence-electron chi connectivity index (χ3n) is 1.67. The molecule has 2 nitrogen and oxygen atoms in total. The zero-order valence-corrected chi connectivity index (χ0v) is 8.91. The fraction of sp³-hybridized carbons (Fsp3) is 0.545. The molecule has 0 radical (unpaired) electrons. The molecule has 13 heavy (non-hydrogen) atoms. The van der Waals surface area contributed by atoms with Crippen LogP contribution in [0.15, 0.2) is 18.3 Å². The van der Waals surface area contributed by atoms with E-state index in [0.29, 0.717) is 5.92 Å². The molecule has 0 aliphatic heterocycles. The number of rotatable bonds is 2. The molecular formula is C11H19NO. The summed E-state index contributed by atoms with van der Waals surface area (Å²) in [7, 11) is 0. The van der Waals surface area contributed by atoms with Crippen LogP contribution < -0.4 is 0 Å². The van der Waals surface area contributed by atoms with Crippen molar-refractivity contribution in [3.05, 3.63) is 29.6 Å². The Morgan fingerprint density at radius 2 is 2.00 bits per heavy atom. The molecule has 1 rings (SSSR count). The van der Waals surface area contributed by atoms with E-state index >= 15 is 0 Å². The van der Waals surface area contributed by atoms with E-state index in [9.17, 15) is 0 Å². The molecule has 0 bridgehead atoms. The molecule has 74 valence electrons. The van der Waals surface area contributed by atoms with Crippen molar-refractivity contribution in [2.24, 2.45) is 0 Å². The lowest BCUT2D eigenvalue weighted by Gasteiger charge is -2.04. The first-order chi connectivity index (χ1) is 6.24. The van der Waals surface area contributed by atoms with E-state index in [-0.39, 0.29) is 6.61 Å². The minimum Gasteiger partial charge on any atom is -0.390 e. The smallest absolute Gasteiger partial charge is 0.0853 e. The second kappa shape index (κ2) is 6.61. The van der Waals surface area contributed by atoms with Gasteiger partial charge in [-0.15, -0.1) is 0 Å². The predicted octanol–water partition coefficient (Wildman–Crippen LogP) is 2.72. The van der Waals surface area contributed by atoms with E-state index in [1.807, 2.05) is 26.0 Å². The van der Waals surface area contributed by atoms with Gasteiger partial charge in [-0.3, -0.25) is 4.98 Å². The lowest BCUT2D eigenvalue weighted by Crippen LogP contribution is -1.93. The second-order valence-corrected chi connectivity index (χ2v) is 2.89. The van der Waals surface area contributed by atoms with Gasteiger partial charge in [-0.25, -0.2) is 0 Å². The average Bonchev–Trinajstić information content (AvgIpc) is 2.21. The number of hydrogen-bond donors (Lipinski definition) is 1. The second-order valence-electron chi connectivity index (χ2n) is 2.89. The molecule has 0 spiro atoms. The molecule has 0 aliphatic rings. The van der Waals surface area contributed by atoms with Crippen LogP contribution in [-0.2, 0) is 6.61 Å². The van der Waals surface area contributed by atoms with Crippen molar-refractivity contribution >= 4 is 0 Å². The molecule has 0 fully saturated rings. The Kier molecular flexibility index (Phi) is 6.15. The molecule has 1 aromatic rings. The highest BCUT2D eigenvalue weighted by Crippen LogP contribution is 2.13. The first-order valence-electron chi connectivity index (χ1n) is 4.79. The first-order valence-corrected chi connectivity index (χ1v) is 4.79. The first kappa shape index (κ1) is 12.1. The molecule has 1 aromatic heterocycles. The van der Waals surface area contributed by atoms with E-state index in [2.05, 4.69) is 18.8 Å². The molecular weight excluding hydrogens is 162 g/mol. The molecule has 0 aromatic carbocycles. The van der Waals surface area contributed by atoms with Gasteiger partial charge in [0.2, 0.25) is 0 Å². The summed E-state index contributed by atoms with van der Waals surface area (Å²) >= 11 is 0. The minimum absolute atomic E-state index is 0.0283. The van der Waals surface area contributed by atoms with Crippen LogP contribution in [0.2, 0.25) is 0 Å². The maximum atomic E-state index is 8.78. The molecule has 1 N–H and O–H groups in total. The Hall–Kier alpha value is -0.890. The SMILES string of the molecule is CC.CC(C)c1ccnc(CO)c1. The average molecular weight is 181 g/mol. The number of aliphatic hydroxyl groups excluding tert-OH is 1. The van der Waals surface area contributed by atoms with E-state index in [1.165, 1.54) is 5.56 Å². The fourth-order valence-corrected chi connectivity index (χ4v) is 0.942. The van der Waals surface area contributed by atoms with E-state index in [4.69, 9.17) is 5.11 Å². The topological polar surface area (TPSA) is 33.1 Å².